The van der Waals surface area contributed by atoms with E-state index in [2.05, 4.69) is 15.3 Å². The lowest BCUT2D eigenvalue weighted by molar-refractivity contribution is 0.391. The number of halogens is 2. The average Bonchev–Trinajstić information content (AvgIpc) is 2.85. The summed E-state index contributed by atoms with van der Waals surface area (Å²) >= 11 is 6.03. The summed E-state index contributed by atoms with van der Waals surface area (Å²) in [6.45, 7) is 1.29. The fourth-order valence-electron chi connectivity index (χ4n) is 2.34. The largest absolute Gasteiger partial charge is 0.481 e. The van der Waals surface area contributed by atoms with Crippen molar-refractivity contribution in [2.45, 2.75) is 13.1 Å². The molecule has 132 valence electrons. The van der Waals surface area contributed by atoms with Crippen molar-refractivity contribution in [1.29, 1.82) is 0 Å². The Balaban J connectivity index is 0.00000288. The molecule has 0 spiro atoms. The lowest BCUT2D eigenvalue weighted by Gasteiger charge is -2.22. The molecule has 0 bridgehead atoms. The Labute approximate surface area is 164 Å². The molecule has 0 atom stereocenters. The van der Waals surface area contributed by atoms with Crippen molar-refractivity contribution in [3.8, 4) is 5.88 Å². The number of methoxy groups -OCH3 is 1. The van der Waals surface area contributed by atoms with Crippen molar-refractivity contribution in [3.05, 3.63) is 46.9 Å². The molecule has 6 nitrogen and oxygen atoms in total. The van der Waals surface area contributed by atoms with Gasteiger partial charge in [-0.15, -0.1) is 24.0 Å². The smallest absolute Gasteiger partial charge is 0.218 e. The molecule has 0 fully saturated rings. The molecule has 8 heteroatoms. The molecular formula is C16H23ClIN5O. The number of rotatable bonds is 5. The van der Waals surface area contributed by atoms with Gasteiger partial charge >= 0.3 is 0 Å². The Bertz CT molecular complexity index is 689. The summed E-state index contributed by atoms with van der Waals surface area (Å²) < 4.78 is 7.27. The predicted molar refractivity (Wildman–Crippen MR) is 108 cm³/mol. The zero-order valence-electron chi connectivity index (χ0n) is 14.3. The van der Waals surface area contributed by atoms with Crippen LogP contribution in [0.3, 0.4) is 0 Å². The van der Waals surface area contributed by atoms with Crippen LogP contribution < -0.4 is 10.1 Å². The standard InChI is InChI=1S/C16H22ClN5O.HI/c1-18-16(20-9-12-6-5-7-19-15(12)23-4)22(3)11-14-8-13(17)10-21(14)2;/h5-8,10H,9,11H2,1-4H3,(H,18,20);1H. The molecule has 0 radical (unpaired) electrons. The molecule has 2 heterocycles. The molecule has 0 saturated heterocycles. The molecule has 2 aromatic heterocycles. The number of hydrogen-bond acceptors (Lipinski definition) is 3. The predicted octanol–water partition coefficient (Wildman–Crippen LogP) is 2.91. The number of ether oxygens (including phenoxy) is 1. The van der Waals surface area contributed by atoms with Crippen LogP contribution in [0.4, 0.5) is 0 Å². The van der Waals surface area contributed by atoms with E-state index in [0.717, 1.165) is 22.2 Å². The first-order valence-corrected chi connectivity index (χ1v) is 7.63. The Kier molecular flexibility index (Phi) is 8.34. The minimum Gasteiger partial charge on any atom is -0.481 e. The summed E-state index contributed by atoms with van der Waals surface area (Å²) in [5, 5.41) is 4.06. The number of hydrogen-bond donors (Lipinski definition) is 1. The van der Waals surface area contributed by atoms with E-state index in [-0.39, 0.29) is 24.0 Å². The first-order chi connectivity index (χ1) is 11.0. The highest BCUT2D eigenvalue weighted by molar-refractivity contribution is 14.0. The van der Waals surface area contributed by atoms with Crippen molar-refractivity contribution in [3.63, 3.8) is 0 Å². The van der Waals surface area contributed by atoms with Gasteiger partial charge in [0.2, 0.25) is 5.88 Å². The lowest BCUT2D eigenvalue weighted by atomic mass is 10.2. The first kappa shape index (κ1) is 20.6. The van der Waals surface area contributed by atoms with Crippen molar-refractivity contribution in [2.75, 3.05) is 21.2 Å². The van der Waals surface area contributed by atoms with E-state index in [1.165, 1.54) is 0 Å². The number of nitrogens with zero attached hydrogens (tertiary/aromatic N) is 4. The summed E-state index contributed by atoms with van der Waals surface area (Å²) in [7, 11) is 7.34. The van der Waals surface area contributed by atoms with E-state index in [9.17, 15) is 0 Å². The third kappa shape index (κ3) is 5.27. The lowest BCUT2D eigenvalue weighted by Crippen LogP contribution is -2.38. The Morgan fingerprint density at radius 1 is 1.50 bits per heavy atom. The highest BCUT2D eigenvalue weighted by Gasteiger charge is 2.11. The molecular weight excluding hydrogens is 441 g/mol. The number of pyridine rings is 1. The van der Waals surface area contributed by atoms with E-state index in [1.54, 1.807) is 20.4 Å². The molecule has 2 rings (SSSR count). The average molecular weight is 464 g/mol. The third-order valence-corrected chi connectivity index (χ3v) is 3.73. The highest BCUT2D eigenvalue weighted by Crippen LogP contribution is 2.15. The van der Waals surface area contributed by atoms with E-state index in [0.29, 0.717) is 19.0 Å². The van der Waals surface area contributed by atoms with Crippen LogP contribution in [0.15, 0.2) is 35.6 Å². The molecule has 0 aliphatic carbocycles. The fraction of sp³-hybridized carbons (Fsp3) is 0.375. The van der Waals surface area contributed by atoms with Crippen molar-refractivity contribution >= 4 is 41.5 Å². The van der Waals surface area contributed by atoms with Crippen LogP contribution in [-0.2, 0) is 20.1 Å². The van der Waals surface area contributed by atoms with Gasteiger partial charge in [-0.2, -0.15) is 0 Å². The van der Waals surface area contributed by atoms with Crippen molar-refractivity contribution in [2.24, 2.45) is 12.0 Å². The maximum Gasteiger partial charge on any atom is 0.218 e. The van der Waals surface area contributed by atoms with Crippen LogP contribution in [0.5, 0.6) is 5.88 Å². The second-order valence-corrected chi connectivity index (χ2v) is 5.63. The second-order valence-electron chi connectivity index (χ2n) is 5.19. The zero-order valence-corrected chi connectivity index (χ0v) is 17.4. The summed E-state index contributed by atoms with van der Waals surface area (Å²) in [4.78, 5) is 10.5. The van der Waals surface area contributed by atoms with Gasteiger partial charge in [0.1, 0.15) is 0 Å². The van der Waals surface area contributed by atoms with Gasteiger partial charge in [0.05, 0.1) is 18.7 Å². The molecule has 24 heavy (non-hydrogen) atoms. The van der Waals surface area contributed by atoms with Crippen molar-refractivity contribution in [1.82, 2.24) is 19.8 Å². The second kappa shape index (κ2) is 9.73. The topological polar surface area (TPSA) is 54.7 Å². The molecule has 0 unspecified atom stereocenters. The quantitative estimate of drug-likeness (QED) is 0.421. The Morgan fingerprint density at radius 2 is 2.25 bits per heavy atom. The van der Waals surface area contributed by atoms with Gasteiger partial charge in [-0.1, -0.05) is 17.7 Å². The molecule has 0 amide bonds. The third-order valence-electron chi connectivity index (χ3n) is 3.53. The number of guanidine groups is 1. The SMILES string of the molecule is CN=C(NCc1cccnc1OC)N(C)Cc1cc(Cl)cn1C.I. The number of nitrogens with one attached hydrogen (secondary N) is 1. The first-order valence-electron chi connectivity index (χ1n) is 7.25. The van der Waals surface area contributed by atoms with Crippen LogP contribution in [0.25, 0.3) is 0 Å². The van der Waals surface area contributed by atoms with Crippen LogP contribution in [0, 0.1) is 0 Å². The van der Waals surface area contributed by atoms with Gasteiger partial charge in [0.15, 0.2) is 5.96 Å². The number of aromatic nitrogens is 2. The molecule has 0 aliphatic rings. The molecule has 1 N–H and O–H groups in total. The van der Waals surface area contributed by atoms with E-state index in [4.69, 9.17) is 16.3 Å². The summed E-state index contributed by atoms with van der Waals surface area (Å²) in [6, 6.07) is 5.82. The Hall–Kier alpha value is -1.48. The molecule has 2 aromatic rings. The normalized spacial score (nSPS) is 11.0. The van der Waals surface area contributed by atoms with Gasteiger partial charge in [0, 0.05) is 51.3 Å². The maximum atomic E-state index is 6.03. The number of aliphatic imine (C=N–C) groups is 1. The van der Waals surface area contributed by atoms with Gasteiger partial charge < -0.3 is 19.5 Å². The van der Waals surface area contributed by atoms with E-state index >= 15 is 0 Å². The number of aryl methyl sites for hydroxylation is 1. The maximum absolute atomic E-state index is 6.03. The van der Waals surface area contributed by atoms with Gasteiger partial charge in [0.25, 0.3) is 0 Å². The van der Waals surface area contributed by atoms with E-state index < -0.39 is 0 Å². The zero-order chi connectivity index (χ0) is 16.8. The minimum absolute atomic E-state index is 0. The van der Waals surface area contributed by atoms with Gasteiger partial charge in [-0.25, -0.2) is 4.98 Å². The highest BCUT2D eigenvalue weighted by atomic mass is 127. The van der Waals surface area contributed by atoms with Gasteiger partial charge in [-0.3, -0.25) is 4.99 Å². The van der Waals surface area contributed by atoms with Crippen molar-refractivity contribution < 1.29 is 4.74 Å². The molecule has 0 saturated carbocycles. The summed E-state index contributed by atoms with van der Waals surface area (Å²) in [5.41, 5.74) is 2.09. The van der Waals surface area contributed by atoms with E-state index in [1.807, 2.05) is 48.0 Å². The van der Waals surface area contributed by atoms with Crippen LogP contribution in [0.1, 0.15) is 11.3 Å². The van der Waals surface area contributed by atoms with Crippen LogP contribution >= 0.6 is 35.6 Å². The Morgan fingerprint density at radius 3 is 2.83 bits per heavy atom. The van der Waals surface area contributed by atoms with Crippen LogP contribution in [0.2, 0.25) is 5.02 Å². The molecule has 0 aromatic carbocycles. The van der Waals surface area contributed by atoms with Gasteiger partial charge in [-0.05, 0) is 12.1 Å². The van der Waals surface area contributed by atoms with Crippen LogP contribution in [-0.4, -0.2) is 41.6 Å². The minimum atomic E-state index is 0. The molecule has 0 aliphatic heterocycles. The fourth-order valence-corrected chi connectivity index (χ4v) is 2.62. The monoisotopic (exact) mass is 463 g/mol. The summed E-state index contributed by atoms with van der Waals surface area (Å²) in [6.07, 6.45) is 3.60. The summed E-state index contributed by atoms with van der Waals surface area (Å²) in [5.74, 6) is 1.40.